The lowest BCUT2D eigenvalue weighted by atomic mass is 10.0. The maximum Gasteiger partial charge on any atom is 0.242 e. The highest BCUT2D eigenvalue weighted by atomic mass is 32.1. The molecule has 2 N–H and O–H groups in total. The lowest BCUT2D eigenvalue weighted by molar-refractivity contribution is 0.101. The van der Waals surface area contributed by atoms with E-state index >= 15 is 0 Å². The topological polar surface area (TPSA) is 111 Å². The molecule has 0 amide bonds. The van der Waals surface area contributed by atoms with Crippen LogP contribution in [-0.2, 0) is 0 Å². The molecule has 0 unspecified atom stereocenters. The van der Waals surface area contributed by atoms with E-state index in [1.165, 1.54) is 16.1 Å². The number of ether oxygens (including phenoxy) is 1. The van der Waals surface area contributed by atoms with Crippen molar-refractivity contribution in [3.8, 4) is 33.8 Å². The van der Waals surface area contributed by atoms with Gasteiger partial charge in [-0.15, -0.1) is 10.2 Å². The number of hydrogen-bond donors (Lipinski definition) is 2. The summed E-state index contributed by atoms with van der Waals surface area (Å²) in [6.07, 6.45) is 0. The van der Waals surface area contributed by atoms with Crippen LogP contribution in [0.15, 0.2) is 46.3 Å². The minimum atomic E-state index is -0.560. The van der Waals surface area contributed by atoms with Crippen molar-refractivity contribution in [3.63, 3.8) is 0 Å². The van der Waals surface area contributed by atoms with Gasteiger partial charge in [0.15, 0.2) is 11.5 Å². The summed E-state index contributed by atoms with van der Waals surface area (Å²) in [6.45, 7) is 1.71. The minimum Gasteiger partial charge on any atom is -0.503 e. The third-order valence-corrected chi connectivity index (χ3v) is 4.89. The van der Waals surface area contributed by atoms with Gasteiger partial charge in [-0.25, -0.2) is 0 Å². The second-order valence-corrected chi connectivity index (χ2v) is 6.73. The molecule has 28 heavy (non-hydrogen) atoms. The number of aryl methyl sites for hydroxylation is 1. The van der Waals surface area contributed by atoms with E-state index in [1.807, 2.05) is 0 Å². The largest absolute Gasteiger partial charge is 0.503 e. The van der Waals surface area contributed by atoms with Crippen molar-refractivity contribution in [2.45, 2.75) is 6.92 Å². The van der Waals surface area contributed by atoms with Crippen molar-refractivity contribution < 1.29 is 24.2 Å². The number of benzene rings is 1. The Morgan fingerprint density at radius 2 is 1.93 bits per heavy atom. The van der Waals surface area contributed by atoms with Gasteiger partial charge in [0.1, 0.15) is 17.0 Å². The molecule has 0 aliphatic rings. The third-order valence-electron chi connectivity index (χ3n) is 4.22. The summed E-state index contributed by atoms with van der Waals surface area (Å²) in [7, 11) is 1.55. The fourth-order valence-electron chi connectivity index (χ4n) is 2.92. The van der Waals surface area contributed by atoms with Crippen LogP contribution in [-0.4, -0.2) is 37.9 Å². The van der Waals surface area contributed by atoms with Crippen LogP contribution in [0.25, 0.3) is 16.4 Å². The zero-order valence-corrected chi connectivity index (χ0v) is 15.7. The fourth-order valence-corrected chi connectivity index (χ4v) is 3.48. The van der Waals surface area contributed by atoms with Gasteiger partial charge in [-0.05, 0) is 48.9 Å². The van der Waals surface area contributed by atoms with Crippen molar-refractivity contribution in [1.29, 1.82) is 0 Å². The van der Waals surface area contributed by atoms with Gasteiger partial charge in [-0.3, -0.25) is 9.36 Å². The number of methoxy groups -OCH3 is 1. The van der Waals surface area contributed by atoms with Crippen molar-refractivity contribution in [3.05, 3.63) is 59.0 Å². The van der Waals surface area contributed by atoms with Gasteiger partial charge >= 0.3 is 0 Å². The first-order valence-corrected chi connectivity index (χ1v) is 9.08. The molecule has 4 rings (SSSR count). The lowest BCUT2D eigenvalue weighted by Gasteiger charge is -2.09. The van der Waals surface area contributed by atoms with E-state index in [9.17, 15) is 15.0 Å². The van der Waals surface area contributed by atoms with Crippen molar-refractivity contribution in [1.82, 2.24) is 14.8 Å². The highest BCUT2D eigenvalue weighted by Crippen LogP contribution is 2.44. The van der Waals surface area contributed by atoms with Gasteiger partial charge < -0.3 is 19.4 Å². The molecule has 0 fully saturated rings. The number of carbonyl (C=O) groups excluding carboxylic acids is 1. The molecule has 0 saturated carbocycles. The molecule has 9 heteroatoms. The summed E-state index contributed by atoms with van der Waals surface area (Å²) in [5.74, 6) is -0.386. The van der Waals surface area contributed by atoms with Crippen LogP contribution in [0.2, 0.25) is 0 Å². The van der Waals surface area contributed by atoms with E-state index in [1.54, 1.807) is 44.4 Å². The van der Waals surface area contributed by atoms with Gasteiger partial charge in [0.25, 0.3) is 0 Å². The summed E-state index contributed by atoms with van der Waals surface area (Å²) < 4.78 is 11.9. The highest BCUT2D eigenvalue weighted by molar-refractivity contribution is 7.11. The minimum absolute atomic E-state index is 0.0528. The molecule has 0 atom stereocenters. The third kappa shape index (κ3) is 2.81. The SMILES string of the molecule is COc1ccc(-c2c(C(=O)c3ccc(C)o3)c(O)c(O)n2-c2nncs2)cc1. The van der Waals surface area contributed by atoms with Crippen molar-refractivity contribution >= 4 is 17.1 Å². The molecule has 4 aromatic rings. The number of rotatable bonds is 5. The van der Waals surface area contributed by atoms with Gasteiger partial charge in [0, 0.05) is 0 Å². The number of aromatic hydroxyl groups is 2. The number of aromatic nitrogens is 3. The Bertz CT molecular complexity index is 1140. The monoisotopic (exact) mass is 397 g/mol. The van der Waals surface area contributed by atoms with Crippen LogP contribution in [0.1, 0.15) is 21.9 Å². The summed E-state index contributed by atoms with van der Waals surface area (Å²) in [6, 6.07) is 10.0. The Balaban J connectivity index is 1.99. The zero-order valence-electron chi connectivity index (χ0n) is 14.9. The first kappa shape index (κ1) is 17.8. The smallest absolute Gasteiger partial charge is 0.242 e. The Labute approximate surface area is 163 Å². The standard InChI is InChI=1S/C19H15N3O5S/c1-10-3-8-13(27-10)16(23)14-15(11-4-6-12(26-2)7-5-11)22(18(25)17(14)24)19-21-20-9-28-19/h3-9,24-25H,1-2H3. The summed E-state index contributed by atoms with van der Waals surface area (Å²) in [4.78, 5) is 13.1. The first-order chi connectivity index (χ1) is 13.5. The Morgan fingerprint density at radius 1 is 1.18 bits per heavy atom. The number of furan rings is 1. The molecular weight excluding hydrogens is 382 g/mol. The molecular formula is C19H15N3O5S. The lowest BCUT2D eigenvalue weighted by Crippen LogP contribution is -2.04. The van der Waals surface area contributed by atoms with Crippen LogP contribution in [0.3, 0.4) is 0 Å². The van der Waals surface area contributed by atoms with E-state index in [-0.39, 0.29) is 17.0 Å². The molecule has 0 radical (unpaired) electrons. The highest BCUT2D eigenvalue weighted by Gasteiger charge is 2.32. The molecule has 0 aliphatic carbocycles. The van der Waals surface area contributed by atoms with Crippen LogP contribution in [0.4, 0.5) is 0 Å². The second kappa shape index (κ2) is 6.86. The summed E-state index contributed by atoms with van der Waals surface area (Å²) in [5.41, 5.74) is 2.24. The Morgan fingerprint density at radius 3 is 2.50 bits per heavy atom. The quantitative estimate of drug-likeness (QED) is 0.496. The molecule has 0 aliphatic heterocycles. The van der Waals surface area contributed by atoms with E-state index in [0.717, 1.165) is 11.3 Å². The molecule has 8 nitrogen and oxygen atoms in total. The number of hydrogen-bond acceptors (Lipinski definition) is 8. The second-order valence-electron chi connectivity index (χ2n) is 5.92. The van der Waals surface area contributed by atoms with E-state index in [4.69, 9.17) is 9.15 Å². The van der Waals surface area contributed by atoms with Crippen molar-refractivity contribution in [2.75, 3.05) is 7.11 Å². The average Bonchev–Trinajstić information content (AvgIpc) is 3.43. The average molecular weight is 397 g/mol. The van der Waals surface area contributed by atoms with E-state index in [2.05, 4.69) is 10.2 Å². The zero-order chi connectivity index (χ0) is 19.8. The van der Waals surface area contributed by atoms with Gasteiger partial charge in [-0.2, -0.15) is 0 Å². The van der Waals surface area contributed by atoms with Gasteiger partial charge in [-0.1, -0.05) is 11.3 Å². The molecule has 0 bridgehead atoms. The first-order valence-electron chi connectivity index (χ1n) is 8.20. The number of carbonyl (C=O) groups is 1. The van der Waals surface area contributed by atoms with Crippen LogP contribution in [0, 0.1) is 6.92 Å². The summed E-state index contributed by atoms with van der Waals surface area (Å²) >= 11 is 1.15. The van der Waals surface area contributed by atoms with Crippen LogP contribution < -0.4 is 4.74 Å². The molecule has 142 valence electrons. The van der Waals surface area contributed by atoms with Gasteiger partial charge in [0.2, 0.25) is 16.8 Å². The number of nitrogens with zero attached hydrogens (tertiary/aromatic N) is 3. The van der Waals surface area contributed by atoms with Gasteiger partial charge in [0.05, 0.1) is 18.4 Å². The molecule has 3 aromatic heterocycles. The van der Waals surface area contributed by atoms with E-state index in [0.29, 0.717) is 22.2 Å². The number of ketones is 1. The van der Waals surface area contributed by atoms with E-state index < -0.39 is 17.4 Å². The Kier molecular flexibility index (Phi) is 4.36. The maximum absolute atomic E-state index is 13.1. The molecule has 0 saturated heterocycles. The Hall–Kier alpha value is -3.59. The molecule has 1 aromatic carbocycles. The predicted octanol–water partition coefficient (Wildman–Crippen LogP) is 3.55. The maximum atomic E-state index is 13.1. The molecule has 3 heterocycles. The predicted molar refractivity (Wildman–Crippen MR) is 101 cm³/mol. The van der Waals surface area contributed by atoms with Crippen LogP contribution >= 0.6 is 11.3 Å². The summed E-state index contributed by atoms with van der Waals surface area (Å²) in [5, 5.41) is 29.2. The fraction of sp³-hybridized carbons (Fsp3) is 0.105. The van der Waals surface area contributed by atoms with Crippen LogP contribution in [0.5, 0.6) is 17.4 Å². The molecule has 0 spiro atoms. The normalized spacial score (nSPS) is 10.9. The van der Waals surface area contributed by atoms with Crippen molar-refractivity contribution in [2.24, 2.45) is 0 Å².